The molecule has 0 saturated carbocycles. The van der Waals surface area contributed by atoms with Crippen LogP contribution in [0.5, 0.6) is 5.75 Å². The first-order chi connectivity index (χ1) is 23.9. The van der Waals surface area contributed by atoms with Crippen molar-refractivity contribution in [2.45, 2.75) is 41.4 Å². The number of ether oxygens (including phenoxy) is 1. The van der Waals surface area contributed by atoms with Gasteiger partial charge >= 0.3 is 0 Å². The maximum absolute atomic E-state index is 13.7. The number of rotatable bonds is 15. The largest absolute Gasteiger partial charge is 0.488 e. The third kappa shape index (κ3) is 10.0. The van der Waals surface area contributed by atoms with Gasteiger partial charge in [-0.05, 0) is 84.1 Å². The number of carbonyl (C=O) groups excluding carboxylic acids is 1. The molecule has 0 spiro atoms. The third-order valence-corrected chi connectivity index (χ3v) is 10.5. The molecule has 0 heterocycles. The minimum Gasteiger partial charge on any atom is -0.488 e. The van der Waals surface area contributed by atoms with E-state index in [0.717, 1.165) is 29.0 Å². The first-order valence-electron chi connectivity index (χ1n) is 15.8. The average molecular weight is 733 g/mol. The number of hydrogen-bond acceptors (Lipinski definition) is 8. The third-order valence-electron chi connectivity index (χ3n) is 7.94. The molecule has 1 amide bonds. The molecule has 5 aromatic carbocycles. The lowest BCUT2D eigenvalue weighted by atomic mass is 9.96. The monoisotopic (exact) mass is 732 g/mol. The van der Waals surface area contributed by atoms with Crippen LogP contribution in [0.2, 0.25) is 5.02 Å². The van der Waals surface area contributed by atoms with Crippen molar-refractivity contribution in [3.05, 3.63) is 160 Å². The molecule has 0 saturated heterocycles. The summed E-state index contributed by atoms with van der Waals surface area (Å²) >= 11 is 6.19. The Hall–Kier alpha value is -4.52. The summed E-state index contributed by atoms with van der Waals surface area (Å²) in [6.45, 7) is 0.583. The van der Waals surface area contributed by atoms with Gasteiger partial charge < -0.3 is 15.2 Å². The minimum atomic E-state index is -4.10. The zero-order valence-corrected chi connectivity index (χ0v) is 29.6. The van der Waals surface area contributed by atoms with Gasteiger partial charge in [-0.25, -0.2) is 21.6 Å². The van der Waals surface area contributed by atoms with Crippen molar-refractivity contribution >= 4 is 37.4 Å². The van der Waals surface area contributed by atoms with E-state index in [1.807, 2.05) is 71.5 Å². The predicted octanol–water partition coefficient (Wildman–Crippen LogP) is 5.92. The molecule has 2 atom stereocenters. The highest BCUT2D eigenvalue weighted by atomic mass is 35.5. The molecule has 5 rings (SSSR count). The van der Waals surface area contributed by atoms with E-state index >= 15 is 0 Å². The number of amides is 1. The first-order valence-corrected chi connectivity index (χ1v) is 19.5. The molecule has 0 fully saturated rings. The number of nitrogens with one attached hydrogen (secondary N) is 2. The normalized spacial score (nSPS) is 12.9. The number of halogens is 1. The Labute approximate surface area is 297 Å². The van der Waals surface area contributed by atoms with Gasteiger partial charge in [0, 0.05) is 11.1 Å². The Morgan fingerprint density at radius 1 is 0.760 bits per heavy atom. The van der Waals surface area contributed by atoms with Gasteiger partial charge in [0.05, 0.1) is 27.7 Å². The van der Waals surface area contributed by atoms with Crippen molar-refractivity contribution in [3.63, 3.8) is 0 Å². The maximum Gasteiger partial charge on any atom is 0.268 e. The molecule has 0 aliphatic heterocycles. The smallest absolute Gasteiger partial charge is 0.268 e. The molecule has 0 radical (unpaired) electrons. The highest BCUT2D eigenvalue weighted by Gasteiger charge is 2.24. The molecule has 1 unspecified atom stereocenters. The van der Waals surface area contributed by atoms with Gasteiger partial charge in [-0.3, -0.25) is 4.79 Å². The number of aliphatic hydroxyl groups is 1. The van der Waals surface area contributed by atoms with Crippen LogP contribution in [0.15, 0.2) is 137 Å². The van der Waals surface area contributed by atoms with E-state index in [1.165, 1.54) is 24.3 Å². The van der Waals surface area contributed by atoms with Gasteiger partial charge in [0.1, 0.15) is 12.4 Å². The fraction of sp³-hybridized carbons (Fsp3) is 0.184. The number of aliphatic hydroxyl groups excluding tert-OH is 1. The highest BCUT2D eigenvalue weighted by Crippen LogP contribution is 2.28. The van der Waals surface area contributed by atoms with Crippen molar-refractivity contribution in [2.75, 3.05) is 12.8 Å². The second-order valence-electron chi connectivity index (χ2n) is 11.8. The van der Waals surface area contributed by atoms with E-state index < -0.39 is 31.9 Å². The van der Waals surface area contributed by atoms with Crippen LogP contribution in [0.1, 0.15) is 38.7 Å². The molecule has 50 heavy (non-hydrogen) atoms. The molecule has 0 aromatic heterocycles. The number of carbonyl (C=O) groups is 1. The molecule has 0 aliphatic rings. The summed E-state index contributed by atoms with van der Waals surface area (Å²) in [6.07, 6.45) is 1.14. The summed E-state index contributed by atoms with van der Waals surface area (Å²) in [6, 6.07) is 36.0. The fourth-order valence-corrected chi connectivity index (χ4v) is 7.33. The topological polar surface area (TPSA) is 139 Å². The summed E-state index contributed by atoms with van der Waals surface area (Å²) in [5.74, 6) is -0.982. The van der Waals surface area contributed by atoms with Crippen LogP contribution in [-0.4, -0.2) is 46.7 Å². The lowest BCUT2D eigenvalue weighted by Gasteiger charge is -2.25. The molecular weight excluding hydrogens is 696 g/mol. The number of sulfone groups is 1. The van der Waals surface area contributed by atoms with Crippen LogP contribution < -0.4 is 14.8 Å². The van der Waals surface area contributed by atoms with Crippen molar-refractivity contribution in [2.24, 2.45) is 0 Å². The Morgan fingerprint density at radius 2 is 1.40 bits per heavy atom. The lowest BCUT2D eigenvalue weighted by Crippen LogP contribution is -2.38. The zero-order chi connectivity index (χ0) is 35.7. The van der Waals surface area contributed by atoms with Crippen molar-refractivity contribution in [1.82, 2.24) is 10.0 Å². The molecule has 260 valence electrons. The molecular formula is C38H37ClN2O7S2. The van der Waals surface area contributed by atoms with Crippen molar-refractivity contribution < 1.29 is 31.5 Å². The van der Waals surface area contributed by atoms with Gasteiger partial charge in [-0.1, -0.05) is 96.5 Å². The Kier molecular flexibility index (Phi) is 12.1. The molecule has 9 nitrogen and oxygen atoms in total. The van der Waals surface area contributed by atoms with E-state index in [0.29, 0.717) is 30.0 Å². The lowest BCUT2D eigenvalue weighted by molar-refractivity contribution is 0.0977. The van der Waals surface area contributed by atoms with Crippen LogP contribution in [-0.2, 0) is 39.3 Å². The SMILES string of the molecule is CS(=O)(=O)NC(=O)c1cc(S(=O)(=O)c2ccc(CCNC(Cc3ccccc3)[C@H](O)c3cccc(Cl)c3)cc2)ccc1OCc1ccccc1. The quantitative estimate of drug-likeness (QED) is 0.121. The molecule has 12 heteroatoms. The second kappa shape index (κ2) is 16.5. The van der Waals surface area contributed by atoms with Crippen molar-refractivity contribution in [1.29, 1.82) is 0 Å². The molecule has 0 bridgehead atoms. The molecule has 5 aromatic rings. The van der Waals surface area contributed by atoms with Gasteiger partial charge in [-0.2, -0.15) is 0 Å². The van der Waals surface area contributed by atoms with E-state index in [1.54, 1.807) is 30.3 Å². The maximum atomic E-state index is 13.7. The average Bonchev–Trinajstić information content (AvgIpc) is 3.10. The summed E-state index contributed by atoms with van der Waals surface area (Å²) in [7, 11) is -8.04. The van der Waals surface area contributed by atoms with Crippen LogP contribution in [0.4, 0.5) is 0 Å². The van der Waals surface area contributed by atoms with Gasteiger partial charge in [0.2, 0.25) is 19.9 Å². The minimum absolute atomic E-state index is 0.0000306. The summed E-state index contributed by atoms with van der Waals surface area (Å²) in [5, 5.41) is 15.3. The van der Waals surface area contributed by atoms with Crippen LogP contribution in [0.3, 0.4) is 0 Å². The Balaban J connectivity index is 1.30. The van der Waals surface area contributed by atoms with E-state index in [9.17, 15) is 26.7 Å². The van der Waals surface area contributed by atoms with Crippen LogP contribution in [0.25, 0.3) is 0 Å². The highest BCUT2D eigenvalue weighted by molar-refractivity contribution is 7.91. The Bertz CT molecular complexity index is 2130. The standard InChI is InChI=1S/C38H37ClN2O7S2/c1-49(44,45)41-38(43)34-25-33(19-20-36(34)48-26-29-11-6-3-7-12-29)50(46,47)32-17-15-27(16-18-32)21-22-40-35(23-28-9-4-2-5-10-28)37(42)30-13-8-14-31(39)24-30/h2-20,24-25,35,37,40,42H,21-23,26H2,1H3,(H,41,43)/t35?,37-/m1/s1. The fourth-order valence-electron chi connectivity index (χ4n) is 5.40. The molecule has 3 N–H and O–H groups in total. The number of benzene rings is 5. The molecule has 0 aliphatic carbocycles. The van der Waals surface area contributed by atoms with Crippen LogP contribution >= 0.6 is 11.6 Å². The van der Waals surface area contributed by atoms with Gasteiger partial charge in [0.15, 0.2) is 0 Å². The summed E-state index contributed by atoms with van der Waals surface area (Å²) < 4.78 is 58.7. The van der Waals surface area contributed by atoms with E-state index in [2.05, 4.69) is 5.32 Å². The van der Waals surface area contributed by atoms with Gasteiger partial charge in [0.25, 0.3) is 5.91 Å². The summed E-state index contributed by atoms with van der Waals surface area (Å²) in [4.78, 5) is 12.8. The van der Waals surface area contributed by atoms with E-state index in [4.69, 9.17) is 16.3 Å². The summed E-state index contributed by atoms with van der Waals surface area (Å²) in [5.41, 5.74) is 3.20. The van der Waals surface area contributed by atoms with Crippen molar-refractivity contribution in [3.8, 4) is 5.75 Å². The van der Waals surface area contributed by atoms with Gasteiger partial charge in [-0.15, -0.1) is 0 Å². The first kappa shape index (κ1) is 36.8. The number of hydrogen-bond donors (Lipinski definition) is 3. The second-order valence-corrected chi connectivity index (χ2v) is 15.9. The van der Waals surface area contributed by atoms with Crippen LogP contribution in [0, 0.1) is 0 Å². The zero-order valence-electron chi connectivity index (χ0n) is 27.2. The number of sulfonamides is 1. The Morgan fingerprint density at radius 3 is 2.04 bits per heavy atom. The van der Waals surface area contributed by atoms with E-state index in [-0.39, 0.29) is 33.8 Å². The predicted molar refractivity (Wildman–Crippen MR) is 193 cm³/mol.